The third-order valence-electron chi connectivity index (χ3n) is 7.08. The highest BCUT2D eigenvalue weighted by Gasteiger charge is 2.30. The first-order valence-electron chi connectivity index (χ1n) is 13.2. The second-order valence-electron chi connectivity index (χ2n) is 9.89. The largest absolute Gasteiger partial charge is 0.493 e. The van der Waals surface area contributed by atoms with E-state index in [1.807, 2.05) is 42.2 Å². The number of amides is 1. The van der Waals surface area contributed by atoms with Crippen molar-refractivity contribution in [2.75, 3.05) is 41.0 Å². The Labute approximate surface area is 230 Å². The standard InChI is InChI=1S/C32H37FN2O4/c1-23(17-24-9-6-5-7-10-24)20-35(32(36)26-18-29(37-2)31(39-4)30(19-26)38-3)22-28-11-8-16-34(28)21-25-12-14-27(33)15-13-25/h5-7,9-10,12-15,17-19,28H,8,11,16,20-22H2,1-4H3/t28-/m0/s1. The molecule has 1 fully saturated rings. The van der Waals surface area contributed by atoms with Crippen molar-refractivity contribution in [2.45, 2.75) is 32.4 Å². The number of carbonyl (C=O) groups is 1. The van der Waals surface area contributed by atoms with Crippen molar-refractivity contribution in [1.29, 1.82) is 0 Å². The Hall–Kier alpha value is -3.84. The minimum atomic E-state index is -0.237. The summed E-state index contributed by atoms with van der Waals surface area (Å²) in [5.74, 6) is 0.985. The highest BCUT2D eigenvalue weighted by atomic mass is 19.1. The normalized spacial score (nSPS) is 15.7. The Morgan fingerprint density at radius 2 is 1.67 bits per heavy atom. The molecule has 0 unspecified atom stereocenters. The molecule has 0 saturated carbocycles. The summed E-state index contributed by atoms with van der Waals surface area (Å²) < 4.78 is 29.9. The second-order valence-corrected chi connectivity index (χ2v) is 9.89. The van der Waals surface area contributed by atoms with Gasteiger partial charge in [0.15, 0.2) is 11.5 Å². The predicted octanol–water partition coefficient (Wildman–Crippen LogP) is 6.06. The van der Waals surface area contributed by atoms with E-state index in [-0.39, 0.29) is 17.8 Å². The number of rotatable bonds is 11. The maximum Gasteiger partial charge on any atom is 0.254 e. The van der Waals surface area contributed by atoms with E-state index >= 15 is 0 Å². The summed E-state index contributed by atoms with van der Waals surface area (Å²) in [7, 11) is 4.63. The molecule has 0 radical (unpaired) electrons. The molecule has 3 aromatic carbocycles. The van der Waals surface area contributed by atoms with Crippen LogP contribution in [-0.2, 0) is 6.54 Å². The molecule has 4 rings (SSSR count). The molecular weight excluding hydrogens is 495 g/mol. The lowest BCUT2D eigenvalue weighted by Crippen LogP contribution is -2.43. The first-order chi connectivity index (χ1) is 18.9. The van der Waals surface area contributed by atoms with Crippen LogP contribution in [0.2, 0.25) is 0 Å². The van der Waals surface area contributed by atoms with Gasteiger partial charge in [0, 0.05) is 31.2 Å². The number of ether oxygens (including phenoxy) is 3. The number of methoxy groups -OCH3 is 3. The molecular formula is C32H37FN2O4. The molecule has 206 valence electrons. The lowest BCUT2D eigenvalue weighted by atomic mass is 10.1. The van der Waals surface area contributed by atoms with Gasteiger partial charge in [-0.3, -0.25) is 9.69 Å². The minimum absolute atomic E-state index is 0.108. The van der Waals surface area contributed by atoms with Crippen molar-refractivity contribution in [3.05, 3.63) is 94.8 Å². The molecule has 1 heterocycles. The van der Waals surface area contributed by atoms with Crippen molar-refractivity contribution < 1.29 is 23.4 Å². The van der Waals surface area contributed by atoms with Gasteiger partial charge in [-0.15, -0.1) is 0 Å². The summed E-state index contributed by atoms with van der Waals surface area (Å²) in [6.45, 7) is 4.75. The number of hydrogen-bond acceptors (Lipinski definition) is 5. The molecule has 0 aromatic heterocycles. The Bertz CT molecular complexity index is 1250. The number of nitrogens with zero attached hydrogens (tertiary/aromatic N) is 2. The van der Waals surface area contributed by atoms with Crippen molar-refractivity contribution in [3.8, 4) is 17.2 Å². The van der Waals surface area contributed by atoms with Crippen LogP contribution >= 0.6 is 0 Å². The van der Waals surface area contributed by atoms with E-state index in [4.69, 9.17) is 14.2 Å². The van der Waals surface area contributed by atoms with Crippen LogP contribution in [0, 0.1) is 5.82 Å². The third-order valence-corrected chi connectivity index (χ3v) is 7.08. The van der Waals surface area contributed by atoms with Crippen molar-refractivity contribution in [3.63, 3.8) is 0 Å². The molecule has 0 bridgehead atoms. The van der Waals surface area contributed by atoms with Crippen molar-refractivity contribution in [2.24, 2.45) is 0 Å². The van der Waals surface area contributed by atoms with E-state index < -0.39 is 0 Å². The van der Waals surface area contributed by atoms with E-state index in [1.54, 1.807) is 33.5 Å². The average molecular weight is 533 g/mol. The Kier molecular flexibility index (Phi) is 9.60. The van der Waals surface area contributed by atoms with E-state index in [9.17, 15) is 9.18 Å². The van der Waals surface area contributed by atoms with Gasteiger partial charge in [-0.2, -0.15) is 0 Å². The van der Waals surface area contributed by atoms with E-state index in [0.29, 0.717) is 35.9 Å². The van der Waals surface area contributed by atoms with Gasteiger partial charge in [0.2, 0.25) is 5.75 Å². The number of likely N-dealkylation sites (tertiary alicyclic amines) is 1. The first kappa shape index (κ1) is 28.2. The van der Waals surface area contributed by atoms with E-state index in [1.165, 1.54) is 12.1 Å². The molecule has 6 nitrogen and oxygen atoms in total. The first-order valence-corrected chi connectivity index (χ1v) is 13.2. The summed E-state index contributed by atoms with van der Waals surface area (Å²) in [6.07, 6.45) is 4.15. The van der Waals surface area contributed by atoms with E-state index in [2.05, 4.69) is 23.1 Å². The maximum absolute atomic E-state index is 14.0. The summed E-state index contributed by atoms with van der Waals surface area (Å²) in [5, 5.41) is 0. The molecule has 1 amide bonds. The van der Waals surface area contributed by atoms with Crippen molar-refractivity contribution >= 4 is 12.0 Å². The van der Waals surface area contributed by atoms with Crippen LogP contribution in [-0.4, -0.2) is 62.7 Å². The predicted molar refractivity (Wildman–Crippen MR) is 152 cm³/mol. The zero-order valence-electron chi connectivity index (χ0n) is 23.2. The molecule has 1 atom stereocenters. The molecule has 0 aliphatic carbocycles. The van der Waals surface area contributed by atoms with Crippen LogP contribution in [0.15, 0.2) is 72.3 Å². The van der Waals surface area contributed by atoms with Gasteiger partial charge < -0.3 is 19.1 Å². The fourth-order valence-electron chi connectivity index (χ4n) is 5.18. The molecule has 1 saturated heterocycles. The fraction of sp³-hybridized carbons (Fsp3) is 0.344. The zero-order valence-corrected chi connectivity index (χ0v) is 23.2. The zero-order chi connectivity index (χ0) is 27.8. The Balaban J connectivity index is 1.62. The van der Waals surface area contributed by atoms with Crippen LogP contribution in [0.3, 0.4) is 0 Å². The maximum atomic E-state index is 14.0. The molecule has 1 aliphatic heterocycles. The lowest BCUT2D eigenvalue weighted by molar-refractivity contribution is 0.0718. The van der Waals surface area contributed by atoms with Gasteiger partial charge in [0.1, 0.15) is 5.82 Å². The monoisotopic (exact) mass is 532 g/mol. The van der Waals surface area contributed by atoms with Gasteiger partial charge in [0.05, 0.1) is 21.3 Å². The molecule has 3 aromatic rings. The third kappa shape index (κ3) is 7.18. The average Bonchev–Trinajstić information content (AvgIpc) is 3.39. The van der Waals surface area contributed by atoms with Gasteiger partial charge >= 0.3 is 0 Å². The van der Waals surface area contributed by atoms with Crippen LogP contribution < -0.4 is 14.2 Å². The summed E-state index contributed by atoms with van der Waals surface area (Å²) >= 11 is 0. The molecule has 7 heteroatoms. The molecule has 0 N–H and O–H groups in total. The Morgan fingerprint density at radius 1 is 1.00 bits per heavy atom. The summed E-state index contributed by atoms with van der Waals surface area (Å²) in [6, 6.07) is 20.4. The van der Waals surface area contributed by atoms with Gasteiger partial charge in [0.25, 0.3) is 5.91 Å². The van der Waals surface area contributed by atoms with Gasteiger partial charge in [-0.05, 0) is 61.7 Å². The lowest BCUT2D eigenvalue weighted by Gasteiger charge is -2.31. The van der Waals surface area contributed by atoms with Crippen LogP contribution in [0.25, 0.3) is 6.08 Å². The Morgan fingerprint density at radius 3 is 2.28 bits per heavy atom. The van der Waals surface area contributed by atoms with Crippen molar-refractivity contribution in [1.82, 2.24) is 9.80 Å². The highest BCUT2D eigenvalue weighted by Crippen LogP contribution is 2.38. The van der Waals surface area contributed by atoms with Gasteiger partial charge in [-0.25, -0.2) is 4.39 Å². The molecule has 39 heavy (non-hydrogen) atoms. The smallest absolute Gasteiger partial charge is 0.254 e. The molecule has 1 aliphatic rings. The van der Waals surface area contributed by atoms with Crippen LogP contribution in [0.4, 0.5) is 4.39 Å². The number of benzene rings is 3. The quantitative estimate of drug-likeness (QED) is 0.300. The number of hydrogen-bond donors (Lipinski definition) is 0. The minimum Gasteiger partial charge on any atom is -0.493 e. The number of halogens is 1. The molecule has 0 spiro atoms. The summed E-state index contributed by atoms with van der Waals surface area (Å²) in [5.41, 5.74) is 3.70. The van der Waals surface area contributed by atoms with Crippen LogP contribution in [0.1, 0.15) is 41.3 Å². The van der Waals surface area contributed by atoms with Gasteiger partial charge in [-0.1, -0.05) is 54.1 Å². The second kappa shape index (κ2) is 13.3. The topological polar surface area (TPSA) is 51.2 Å². The van der Waals surface area contributed by atoms with E-state index in [0.717, 1.165) is 42.6 Å². The summed E-state index contributed by atoms with van der Waals surface area (Å²) in [4.78, 5) is 18.3. The SMILES string of the molecule is COc1cc(C(=O)N(CC(C)=Cc2ccccc2)C[C@@H]2CCCN2Cc2ccc(F)cc2)cc(OC)c1OC. The fourth-order valence-corrected chi connectivity index (χ4v) is 5.18. The highest BCUT2D eigenvalue weighted by molar-refractivity contribution is 5.96. The van der Waals surface area contributed by atoms with Crippen LogP contribution in [0.5, 0.6) is 17.2 Å². The number of carbonyl (C=O) groups excluding carboxylic acids is 1.